The first kappa shape index (κ1) is 14.4. The maximum absolute atomic E-state index is 12.8. The van der Waals surface area contributed by atoms with Gasteiger partial charge in [0.05, 0.1) is 12.5 Å². The van der Waals surface area contributed by atoms with Crippen molar-refractivity contribution in [3.63, 3.8) is 0 Å². The highest BCUT2D eigenvalue weighted by Gasteiger charge is 2.29. The number of hydrogen-bond acceptors (Lipinski definition) is 3. The van der Waals surface area contributed by atoms with Gasteiger partial charge in [-0.3, -0.25) is 4.79 Å². The van der Waals surface area contributed by atoms with E-state index in [1.54, 1.807) is 0 Å². The number of ether oxygens (including phenoxy) is 1. The van der Waals surface area contributed by atoms with E-state index < -0.39 is 0 Å². The van der Waals surface area contributed by atoms with Crippen LogP contribution in [0.1, 0.15) is 18.9 Å². The van der Waals surface area contributed by atoms with E-state index in [1.165, 1.54) is 11.3 Å². The second kappa shape index (κ2) is 6.48. The number of anilines is 1. The predicted molar refractivity (Wildman–Crippen MR) is 83.3 cm³/mol. The van der Waals surface area contributed by atoms with Crippen LogP contribution in [0.2, 0.25) is 0 Å². The SMILES string of the molecule is CCN(CC1CCOC1)C(=O)C1CNc2ccccc2C1. The van der Waals surface area contributed by atoms with Gasteiger partial charge in [-0.25, -0.2) is 0 Å². The summed E-state index contributed by atoms with van der Waals surface area (Å²) in [6, 6.07) is 8.28. The number of carbonyl (C=O) groups excluding carboxylic acids is 1. The van der Waals surface area contributed by atoms with E-state index >= 15 is 0 Å². The second-order valence-electron chi connectivity index (χ2n) is 6.05. The number of carbonyl (C=O) groups is 1. The summed E-state index contributed by atoms with van der Waals surface area (Å²) >= 11 is 0. The predicted octanol–water partition coefficient (Wildman–Crippen LogP) is 2.16. The molecule has 2 aliphatic heterocycles. The Hall–Kier alpha value is -1.55. The molecule has 1 aromatic rings. The van der Waals surface area contributed by atoms with Crippen molar-refractivity contribution in [1.82, 2.24) is 4.90 Å². The fourth-order valence-corrected chi connectivity index (χ4v) is 3.29. The van der Waals surface area contributed by atoms with Gasteiger partial charge in [0.1, 0.15) is 0 Å². The summed E-state index contributed by atoms with van der Waals surface area (Å²) in [5, 5.41) is 3.39. The van der Waals surface area contributed by atoms with Gasteiger partial charge < -0.3 is 15.0 Å². The van der Waals surface area contributed by atoms with E-state index in [9.17, 15) is 4.79 Å². The topological polar surface area (TPSA) is 41.6 Å². The molecule has 0 spiro atoms. The molecule has 0 radical (unpaired) electrons. The molecular formula is C17H24N2O2. The quantitative estimate of drug-likeness (QED) is 0.923. The van der Waals surface area contributed by atoms with Crippen LogP contribution < -0.4 is 5.32 Å². The molecule has 0 bridgehead atoms. The molecule has 21 heavy (non-hydrogen) atoms. The zero-order valence-electron chi connectivity index (χ0n) is 12.7. The van der Waals surface area contributed by atoms with Gasteiger partial charge >= 0.3 is 0 Å². The number of fused-ring (bicyclic) bond motifs is 1. The lowest BCUT2D eigenvalue weighted by atomic mass is 9.92. The van der Waals surface area contributed by atoms with Crippen LogP contribution in [0, 0.1) is 11.8 Å². The van der Waals surface area contributed by atoms with E-state index in [1.807, 2.05) is 17.0 Å². The van der Waals surface area contributed by atoms with Crippen LogP contribution >= 0.6 is 0 Å². The standard InChI is InChI=1S/C17H24N2O2/c1-2-19(11-13-7-8-21-12-13)17(20)15-9-14-5-3-4-6-16(14)18-10-15/h3-6,13,15,18H,2,7-12H2,1H3. The highest BCUT2D eigenvalue weighted by Crippen LogP contribution is 2.26. The van der Waals surface area contributed by atoms with Crippen LogP contribution in [0.5, 0.6) is 0 Å². The number of para-hydroxylation sites is 1. The van der Waals surface area contributed by atoms with Crippen LogP contribution in [0.15, 0.2) is 24.3 Å². The van der Waals surface area contributed by atoms with Gasteiger partial charge in [-0.05, 0) is 31.4 Å². The molecule has 2 atom stereocenters. The van der Waals surface area contributed by atoms with Crippen molar-refractivity contribution in [3.05, 3.63) is 29.8 Å². The molecule has 1 N–H and O–H groups in total. The highest BCUT2D eigenvalue weighted by atomic mass is 16.5. The second-order valence-corrected chi connectivity index (χ2v) is 6.05. The third-order valence-electron chi connectivity index (χ3n) is 4.57. The van der Waals surface area contributed by atoms with E-state index in [0.717, 1.165) is 45.7 Å². The van der Waals surface area contributed by atoms with Gasteiger partial charge in [0.15, 0.2) is 0 Å². The Kier molecular flexibility index (Phi) is 4.44. The molecule has 4 heteroatoms. The minimum absolute atomic E-state index is 0.0576. The van der Waals surface area contributed by atoms with Crippen LogP contribution in [0.3, 0.4) is 0 Å². The lowest BCUT2D eigenvalue weighted by Crippen LogP contribution is -2.43. The van der Waals surface area contributed by atoms with Crippen LogP contribution in [0.25, 0.3) is 0 Å². The molecule has 3 rings (SSSR count). The van der Waals surface area contributed by atoms with E-state index in [4.69, 9.17) is 4.74 Å². The average molecular weight is 288 g/mol. The molecule has 0 saturated carbocycles. The minimum atomic E-state index is 0.0576. The smallest absolute Gasteiger partial charge is 0.227 e. The average Bonchev–Trinajstić information content (AvgIpc) is 3.04. The third kappa shape index (κ3) is 3.21. The van der Waals surface area contributed by atoms with Gasteiger partial charge in [-0.15, -0.1) is 0 Å². The molecule has 114 valence electrons. The molecule has 2 aliphatic rings. The summed E-state index contributed by atoms with van der Waals surface area (Å²) in [7, 11) is 0. The molecule has 0 aliphatic carbocycles. The summed E-state index contributed by atoms with van der Waals surface area (Å²) in [6.07, 6.45) is 1.93. The largest absolute Gasteiger partial charge is 0.384 e. The molecule has 4 nitrogen and oxygen atoms in total. The molecule has 1 saturated heterocycles. The highest BCUT2D eigenvalue weighted by molar-refractivity contribution is 5.81. The summed E-state index contributed by atoms with van der Waals surface area (Å²) < 4.78 is 5.42. The number of rotatable bonds is 4. The first-order valence-electron chi connectivity index (χ1n) is 7.96. The number of hydrogen-bond donors (Lipinski definition) is 1. The fraction of sp³-hybridized carbons (Fsp3) is 0.588. The Morgan fingerprint density at radius 2 is 2.29 bits per heavy atom. The maximum Gasteiger partial charge on any atom is 0.227 e. The lowest BCUT2D eigenvalue weighted by molar-refractivity contribution is -0.135. The first-order chi connectivity index (χ1) is 10.3. The molecule has 2 heterocycles. The van der Waals surface area contributed by atoms with Gasteiger partial charge in [0.2, 0.25) is 5.91 Å². The van der Waals surface area contributed by atoms with Crippen molar-refractivity contribution in [2.75, 3.05) is 38.2 Å². The molecule has 1 fully saturated rings. The van der Waals surface area contributed by atoms with Crippen LogP contribution in [-0.4, -0.2) is 43.7 Å². The molecule has 1 aromatic carbocycles. The van der Waals surface area contributed by atoms with Crippen molar-refractivity contribution >= 4 is 11.6 Å². The van der Waals surface area contributed by atoms with E-state index in [-0.39, 0.29) is 11.8 Å². The Balaban J connectivity index is 1.64. The Bertz CT molecular complexity index is 497. The van der Waals surface area contributed by atoms with Crippen molar-refractivity contribution in [3.8, 4) is 0 Å². The maximum atomic E-state index is 12.8. The van der Waals surface area contributed by atoms with E-state index in [0.29, 0.717) is 5.92 Å². The van der Waals surface area contributed by atoms with Gasteiger partial charge in [-0.2, -0.15) is 0 Å². The van der Waals surface area contributed by atoms with Crippen LogP contribution in [0.4, 0.5) is 5.69 Å². The van der Waals surface area contributed by atoms with Crippen molar-refractivity contribution < 1.29 is 9.53 Å². The fourth-order valence-electron chi connectivity index (χ4n) is 3.29. The molecule has 1 amide bonds. The van der Waals surface area contributed by atoms with E-state index in [2.05, 4.69) is 24.4 Å². The summed E-state index contributed by atoms with van der Waals surface area (Å²) in [6.45, 7) is 6.08. The number of amides is 1. The lowest BCUT2D eigenvalue weighted by Gasteiger charge is -2.31. The van der Waals surface area contributed by atoms with Crippen LogP contribution in [-0.2, 0) is 16.0 Å². The van der Waals surface area contributed by atoms with Crippen molar-refractivity contribution in [1.29, 1.82) is 0 Å². The monoisotopic (exact) mass is 288 g/mol. The number of nitrogens with zero attached hydrogens (tertiary/aromatic N) is 1. The van der Waals surface area contributed by atoms with Gasteiger partial charge in [0.25, 0.3) is 0 Å². The zero-order valence-corrected chi connectivity index (χ0v) is 12.7. The number of benzene rings is 1. The first-order valence-corrected chi connectivity index (χ1v) is 7.96. The normalized spacial score (nSPS) is 24.2. The third-order valence-corrected chi connectivity index (χ3v) is 4.57. The zero-order chi connectivity index (χ0) is 14.7. The summed E-state index contributed by atoms with van der Waals surface area (Å²) in [5.41, 5.74) is 2.43. The molecule has 0 aromatic heterocycles. The van der Waals surface area contributed by atoms with Crippen molar-refractivity contribution in [2.24, 2.45) is 11.8 Å². The summed E-state index contributed by atoms with van der Waals surface area (Å²) in [4.78, 5) is 14.8. The number of nitrogens with one attached hydrogen (secondary N) is 1. The van der Waals surface area contributed by atoms with Gasteiger partial charge in [0, 0.05) is 37.8 Å². The van der Waals surface area contributed by atoms with Gasteiger partial charge in [-0.1, -0.05) is 18.2 Å². The Labute approximate surface area is 126 Å². The Morgan fingerprint density at radius 3 is 3.05 bits per heavy atom. The molecular weight excluding hydrogens is 264 g/mol. The van der Waals surface area contributed by atoms with Crippen molar-refractivity contribution in [2.45, 2.75) is 19.8 Å². The summed E-state index contributed by atoms with van der Waals surface area (Å²) in [5.74, 6) is 0.853. The minimum Gasteiger partial charge on any atom is -0.384 e. The Morgan fingerprint density at radius 1 is 1.43 bits per heavy atom. The molecule has 2 unspecified atom stereocenters.